The molecule has 5 nitrogen and oxygen atoms in total. The van der Waals surface area contributed by atoms with Crippen molar-refractivity contribution in [2.45, 2.75) is 5.75 Å². The molecule has 122 valence electrons. The van der Waals surface area contributed by atoms with Crippen LogP contribution in [0.15, 0.2) is 67.3 Å². The average Bonchev–Trinajstić information content (AvgIpc) is 3.09. The van der Waals surface area contributed by atoms with Crippen molar-refractivity contribution in [3.8, 4) is 5.69 Å². The van der Waals surface area contributed by atoms with E-state index in [9.17, 15) is 9.00 Å². The van der Waals surface area contributed by atoms with Gasteiger partial charge in [-0.3, -0.25) is 9.00 Å². The molecular formula is C18H17N3O2S. The maximum Gasteiger partial charge on any atom is 0.255 e. The number of amides is 1. The molecule has 0 spiro atoms. The predicted octanol–water partition coefficient (Wildman–Crippen LogP) is 3.00. The van der Waals surface area contributed by atoms with E-state index in [4.69, 9.17) is 0 Å². The van der Waals surface area contributed by atoms with Crippen LogP contribution < -0.4 is 5.32 Å². The van der Waals surface area contributed by atoms with Crippen molar-refractivity contribution < 1.29 is 9.00 Å². The van der Waals surface area contributed by atoms with Crippen LogP contribution in [0.2, 0.25) is 0 Å². The summed E-state index contributed by atoms with van der Waals surface area (Å²) in [7, 11) is -0.911. The molecular weight excluding hydrogens is 322 g/mol. The van der Waals surface area contributed by atoms with Gasteiger partial charge >= 0.3 is 0 Å². The van der Waals surface area contributed by atoms with Gasteiger partial charge in [0, 0.05) is 52.1 Å². The van der Waals surface area contributed by atoms with Crippen molar-refractivity contribution in [2.75, 3.05) is 11.6 Å². The first kappa shape index (κ1) is 16.1. The molecule has 0 aliphatic rings. The zero-order valence-corrected chi connectivity index (χ0v) is 14.0. The first-order chi connectivity index (χ1) is 11.6. The quantitative estimate of drug-likeness (QED) is 0.777. The number of carbonyl (C=O) groups excluding carboxylic acids is 1. The van der Waals surface area contributed by atoms with Crippen LogP contribution in [0.5, 0.6) is 0 Å². The highest BCUT2D eigenvalue weighted by molar-refractivity contribution is 7.83. The second-order valence-electron chi connectivity index (χ2n) is 5.39. The molecule has 0 bridgehead atoms. The maximum atomic E-state index is 12.4. The van der Waals surface area contributed by atoms with Crippen LogP contribution in [0.4, 0.5) is 5.69 Å². The second kappa shape index (κ2) is 7.23. The topological polar surface area (TPSA) is 64.0 Å². The van der Waals surface area contributed by atoms with E-state index in [0.717, 1.165) is 11.3 Å². The van der Waals surface area contributed by atoms with E-state index in [1.807, 2.05) is 47.2 Å². The van der Waals surface area contributed by atoms with Crippen molar-refractivity contribution in [3.63, 3.8) is 0 Å². The molecule has 1 amide bonds. The molecule has 1 atom stereocenters. The Balaban J connectivity index is 1.72. The lowest BCUT2D eigenvalue weighted by Gasteiger charge is -2.08. The van der Waals surface area contributed by atoms with Crippen molar-refractivity contribution in [1.29, 1.82) is 0 Å². The fourth-order valence-electron chi connectivity index (χ4n) is 2.37. The third-order valence-corrected chi connectivity index (χ3v) is 4.23. The minimum atomic E-state index is -0.911. The molecule has 1 aromatic heterocycles. The average molecular weight is 339 g/mol. The van der Waals surface area contributed by atoms with Crippen LogP contribution in [0.1, 0.15) is 15.9 Å². The Bertz CT molecular complexity index is 858. The first-order valence-corrected chi connectivity index (χ1v) is 9.13. The zero-order chi connectivity index (χ0) is 16.9. The van der Waals surface area contributed by atoms with Crippen LogP contribution in [-0.4, -0.2) is 25.9 Å². The molecule has 1 heterocycles. The van der Waals surface area contributed by atoms with Gasteiger partial charge in [0.25, 0.3) is 5.91 Å². The second-order valence-corrected chi connectivity index (χ2v) is 6.82. The molecule has 0 aliphatic heterocycles. The summed E-state index contributed by atoms with van der Waals surface area (Å²) in [5.74, 6) is 0.297. The lowest BCUT2D eigenvalue weighted by Crippen LogP contribution is -2.12. The van der Waals surface area contributed by atoms with Gasteiger partial charge in [0.05, 0.1) is 6.33 Å². The number of benzene rings is 2. The normalized spacial score (nSPS) is 11.9. The number of hydrogen-bond donors (Lipinski definition) is 1. The molecule has 3 rings (SSSR count). The van der Waals surface area contributed by atoms with Gasteiger partial charge in [0.1, 0.15) is 0 Å². The predicted molar refractivity (Wildman–Crippen MR) is 95.7 cm³/mol. The van der Waals surface area contributed by atoms with Gasteiger partial charge in [-0.05, 0) is 42.0 Å². The van der Waals surface area contributed by atoms with E-state index < -0.39 is 10.8 Å². The van der Waals surface area contributed by atoms with E-state index in [2.05, 4.69) is 10.3 Å². The molecule has 0 saturated heterocycles. The van der Waals surface area contributed by atoms with Crippen molar-refractivity contribution in [1.82, 2.24) is 9.55 Å². The smallest absolute Gasteiger partial charge is 0.255 e. The maximum absolute atomic E-state index is 12.4. The van der Waals surface area contributed by atoms with Gasteiger partial charge in [-0.2, -0.15) is 0 Å². The fraction of sp³-hybridized carbons (Fsp3) is 0.111. The van der Waals surface area contributed by atoms with Gasteiger partial charge < -0.3 is 9.88 Å². The molecule has 1 N–H and O–H groups in total. The third-order valence-electron chi connectivity index (χ3n) is 3.49. The fourth-order valence-corrected chi connectivity index (χ4v) is 3.02. The Morgan fingerprint density at radius 3 is 2.67 bits per heavy atom. The molecule has 1 unspecified atom stereocenters. The monoisotopic (exact) mass is 339 g/mol. The van der Waals surface area contributed by atoms with Crippen LogP contribution in [0.25, 0.3) is 5.69 Å². The Hall–Kier alpha value is -2.73. The van der Waals surface area contributed by atoms with Crippen molar-refractivity contribution in [2.24, 2.45) is 0 Å². The Morgan fingerprint density at radius 2 is 2.00 bits per heavy atom. The highest BCUT2D eigenvalue weighted by atomic mass is 32.2. The highest BCUT2D eigenvalue weighted by Crippen LogP contribution is 2.15. The summed E-state index contributed by atoms with van der Waals surface area (Å²) in [5, 5.41) is 2.87. The molecule has 24 heavy (non-hydrogen) atoms. The lowest BCUT2D eigenvalue weighted by molar-refractivity contribution is 0.102. The number of anilines is 1. The van der Waals surface area contributed by atoms with Crippen LogP contribution in [-0.2, 0) is 16.6 Å². The van der Waals surface area contributed by atoms with Crippen LogP contribution in [0.3, 0.4) is 0 Å². The number of nitrogens with zero attached hydrogens (tertiary/aromatic N) is 2. The first-order valence-electron chi connectivity index (χ1n) is 7.40. The lowest BCUT2D eigenvalue weighted by atomic mass is 10.1. The highest BCUT2D eigenvalue weighted by Gasteiger charge is 2.07. The molecule has 3 aromatic rings. The van der Waals surface area contributed by atoms with Crippen molar-refractivity contribution >= 4 is 22.4 Å². The van der Waals surface area contributed by atoms with Crippen LogP contribution >= 0.6 is 0 Å². The van der Waals surface area contributed by atoms with E-state index in [1.54, 1.807) is 30.9 Å². The number of imidazole rings is 1. The van der Waals surface area contributed by atoms with Crippen molar-refractivity contribution in [3.05, 3.63) is 78.4 Å². The van der Waals surface area contributed by atoms with Gasteiger partial charge in [-0.15, -0.1) is 0 Å². The molecule has 0 aliphatic carbocycles. The van der Waals surface area contributed by atoms with Crippen LogP contribution in [0, 0.1) is 0 Å². The van der Waals surface area contributed by atoms with E-state index in [1.165, 1.54) is 0 Å². The number of carbonyl (C=O) groups is 1. The summed E-state index contributed by atoms with van der Waals surface area (Å²) in [4.78, 5) is 16.4. The summed E-state index contributed by atoms with van der Waals surface area (Å²) in [6, 6.07) is 14.7. The zero-order valence-electron chi connectivity index (χ0n) is 13.2. The van der Waals surface area contributed by atoms with Gasteiger partial charge in [-0.25, -0.2) is 4.98 Å². The Labute approximate surface area is 142 Å². The largest absolute Gasteiger partial charge is 0.322 e. The van der Waals surface area contributed by atoms with Gasteiger partial charge in [0.15, 0.2) is 0 Å². The molecule has 0 radical (unpaired) electrons. The molecule has 2 aromatic carbocycles. The minimum Gasteiger partial charge on any atom is -0.322 e. The van der Waals surface area contributed by atoms with E-state index in [-0.39, 0.29) is 5.91 Å². The minimum absolute atomic E-state index is 0.179. The molecule has 0 fully saturated rings. The Morgan fingerprint density at radius 1 is 1.21 bits per heavy atom. The number of nitrogens with one attached hydrogen (secondary N) is 1. The summed E-state index contributed by atoms with van der Waals surface area (Å²) < 4.78 is 13.2. The van der Waals surface area contributed by atoms with E-state index in [0.29, 0.717) is 17.0 Å². The SMILES string of the molecule is CS(=O)Cc1cccc(NC(=O)c2ccc(-n3ccnc3)cc2)c1. The summed E-state index contributed by atoms with van der Waals surface area (Å²) in [6.07, 6.45) is 6.92. The number of rotatable bonds is 5. The molecule has 0 saturated carbocycles. The summed E-state index contributed by atoms with van der Waals surface area (Å²) in [6.45, 7) is 0. The molecule has 6 heteroatoms. The standard InChI is InChI=1S/C18H17N3O2S/c1-24(23)12-14-3-2-4-16(11-14)20-18(22)15-5-7-17(8-6-15)21-10-9-19-13-21/h2-11,13H,12H2,1H3,(H,20,22). The third kappa shape index (κ3) is 3.97. The van der Waals surface area contributed by atoms with Gasteiger partial charge in [-0.1, -0.05) is 12.1 Å². The summed E-state index contributed by atoms with van der Waals surface area (Å²) in [5.41, 5.74) is 3.14. The summed E-state index contributed by atoms with van der Waals surface area (Å²) >= 11 is 0. The number of aromatic nitrogens is 2. The number of hydrogen-bond acceptors (Lipinski definition) is 3. The van der Waals surface area contributed by atoms with Gasteiger partial charge in [0.2, 0.25) is 0 Å². The van der Waals surface area contributed by atoms with E-state index >= 15 is 0 Å². The Kier molecular flexibility index (Phi) is 4.86.